The molecule has 1 aromatic heterocycles. The van der Waals surface area contributed by atoms with Crippen LogP contribution in [0.15, 0.2) is 12.1 Å². The van der Waals surface area contributed by atoms with Gasteiger partial charge >= 0.3 is 5.82 Å². The van der Waals surface area contributed by atoms with Crippen molar-refractivity contribution in [2.45, 2.75) is 25.8 Å². The van der Waals surface area contributed by atoms with Gasteiger partial charge in [-0.1, -0.05) is 13.3 Å². The second-order valence-electron chi connectivity index (χ2n) is 4.09. The molecule has 100 valence electrons. The molecule has 0 aliphatic carbocycles. The van der Waals surface area contributed by atoms with E-state index in [1.807, 2.05) is 6.92 Å². The highest BCUT2D eigenvalue weighted by Crippen LogP contribution is 2.15. The lowest BCUT2D eigenvalue weighted by molar-refractivity contribution is -0.391. The van der Waals surface area contributed by atoms with Gasteiger partial charge in [-0.15, -0.1) is 0 Å². The molecule has 0 bridgehead atoms. The van der Waals surface area contributed by atoms with Crippen molar-refractivity contribution in [2.75, 3.05) is 6.54 Å². The molecule has 7 nitrogen and oxygen atoms in total. The Morgan fingerprint density at radius 3 is 2.72 bits per heavy atom. The van der Waals surface area contributed by atoms with E-state index in [4.69, 9.17) is 5.73 Å². The average molecular weight is 254 g/mol. The van der Waals surface area contributed by atoms with E-state index in [0.29, 0.717) is 6.54 Å². The molecule has 0 fully saturated rings. The van der Waals surface area contributed by atoms with Crippen LogP contribution in [-0.2, 0) is 7.05 Å². The molecule has 0 aliphatic rings. The van der Waals surface area contributed by atoms with Crippen LogP contribution in [0.1, 0.15) is 30.3 Å². The quantitative estimate of drug-likeness (QED) is 0.578. The number of nitro groups is 1. The number of nitrogens with two attached hydrogens (primary N) is 1. The van der Waals surface area contributed by atoms with E-state index in [1.54, 1.807) is 0 Å². The molecule has 0 radical (unpaired) electrons. The van der Waals surface area contributed by atoms with Crippen LogP contribution in [0.3, 0.4) is 0 Å². The standard InChI is InChI=1S/C11H18N4O3/c1-3-4-8(7-12)13-11(16)9-5-6-10(14(9)2)15(17)18/h5-6,8H,3-4,7,12H2,1-2H3,(H,13,16). The molecular weight excluding hydrogens is 236 g/mol. The van der Waals surface area contributed by atoms with E-state index in [1.165, 1.54) is 23.7 Å². The topological polar surface area (TPSA) is 103 Å². The molecule has 1 aromatic rings. The van der Waals surface area contributed by atoms with E-state index in [0.717, 1.165) is 12.8 Å². The van der Waals surface area contributed by atoms with Gasteiger partial charge in [0.2, 0.25) is 0 Å². The predicted molar refractivity (Wildman–Crippen MR) is 67.3 cm³/mol. The SMILES string of the molecule is CCCC(CN)NC(=O)c1ccc([N+](=O)[O-])n1C. The third-order valence-electron chi connectivity index (χ3n) is 2.77. The Balaban J connectivity index is 2.81. The van der Waals surface area contributed by atoms with Gasteiger partial charge in [-0.3, -0.25) is 4.79 Å². The largest absolute Gasteiger partial charge is 0.358 e. The summed E-state index contributed by atoms with van der Waals surface area (Å²) in [5, 5.41) is 13.4. The molecule has 1 amide bonds. The summed E-state index contributed by atoms with van der Waals surface area (Å²) in [5.41, 5.74) is 5.81. The first-order valence-electron chi connectivity index (χ1n) is 5.82. The Bertz CT molecular complexity index is 441. The van der Waals surface area contributed by atoms with Crippen LogP contribution in [0.25, 0.3) is 0 Å². The number of hydrogen-bond donors (Lipinski definition) is 2. The normalized spacial score (nSPS) is 12.2. The minimum Gasteiger partial charge on any atom is -0.358 e. The van der Waals surface area contributed by atoms with Gasteiger partial charge in [-0.25, -0.2) is 4.57 Å². The average Bonchev–Trinajstić information content (AvgIpc) is 2.70. The first-order chi connectivity index (χ1) is 8.51. The molecule has 0 aromatic carbocycles. The van der Waals surface area contributed by atoms with Crippen molar-refractivity contribution in [2.24, 2.45) is 12.8 Å². The molecule has 0 aliphatic heterocycles. The van der Waals surface area contributed by atoms with Crippen molar-refractivity contribution < 1.29 is 9.72 Å². The van der Waals surface area contributed by atoms with Crippen LogP contribution in [-0.4, -0.2) is 28.0 Å². The molecule has 1 heterocycles. The van der Waals surface area contributed by atoms with Crippen LogP contribution in [0.4, 0.5) is 5.82 Å². The zero-order chi connectivity index (χ0) is 13.7. The van der Waals surface area contributed by atoms with Gasteiger partial charge in [-0.05, 0) is 17.4 Å². The van der Waals surface area contributed by atoms with E-state index >= 15 is 0 Å². The second kappa shape index (κ2) is 6.15. The molecular formula is C11H18N4O3. The Hall–Kier alpha value is -1.89. The van der Waals surface area contributed by atoms with Gasteiger partial charge in [0, 0.05) is 18.7 Å². The van der Waals surface area contributed by atoms with Gasteiger partial charge in [0.1, 0.15) is 0 Å². The van der Waals surface area contributed by atoms with Crippen LogP contribution in [0.2, 0.25) is 0 Å². The molecule has 1 atom stereocenters. The van der Waals surface area contributed by atoms with Crippen LogP contribution in [0, 0.1) is 10.1 Å². The number of hydrogen-bond acceptors (Lipinski definition) is 4. The van der Waals surface area contributed by atoms with Crippen molar-refractivity contribution in [3.8, 4) is 0 Å². The highest BCUT2D eigenvalue weighted by atomic mass is 16.6. The molecule has 0 saturated carbocycles. The summed E-state index contributed by atoms with van der Waals surface area (Å²) in [6, 6.07) is 2.65. The maximum atomic E-state index is 11.9. The summed E-state index contributed by atoms with van der Waals surface area (Å²) in [4.78, 5) is 22.1. The molecule has 3 N–H and O–H groups in total. The second-order valence-corrected chi connectivity index (χ2v) is 4.09. The van der Waals surface area contributed by atoms with Crippen LogP contribution >= 0.6 is 0 Å². The lowest BCUT2D eigenvalue weighted by Gasteiger charge is -2.14. The maximum Gasteiger partial charge on any atom is 0.323 e. The first kappa shape index (κ1) is 14.2. The fraction of sp³-hybridized carbons (Fsp3) is 0.545. The minimum absolute atomic E-state index is 0.101. The summed E-state index contributed by atoms with van der Waals surface area (Å²) in [6.45, 7) is 2.36. The van der Waals surface area contributed by atoms with Crippen molar-refractivity contribution >= 4 is 11.7 Å². The van der Waals surface area contributed by atoms with Crippen molar-refractivity contribution in [3.63, 3.8) is 0 Å². The Morgan fingerprint density at radius 1 is 1.61 bits per heavy atom. The van der Waals surface area contributed by atoms with Crippen LogP contribution in [0.5, 0.6) is 0 Å². The van der Waals surface area contributed by atoms with Gasteiger partial charge in [0.15, 0.2) is 5.69 Å². The number of amides is 1. The number of carbonyl (C=O) groups excluding carboxylic acids is 1. The molecule has 1 rings (SSSR count). The lowest BCUT2D eigenvalue weighted by Crippen LogP contribution is -2.40. The molecule has 18 heavy (non-hydrogen) atoms. The summed E-state index contributed by atoms with van der Waals surface area (Å²) in [5.74, 6) is -0.450. The van der Waals surface area contributed by atoms with Gasteiger partial charge in [0.25, 0.3) is 5.91 Å². The fourth-order valence-electron chi connectivity index (χ4n) is 1.77. The Morgan fingerprint density at radius 2 is 2.28 bits per heavy atom. The zero-order valence-electron chi connectivity index (χ0n) is 10.5. The first-order valence-corrected chi connectivity index (χ1v) is 5.82. The summed E-state index contributed by atoms with van der Waals surface area (Å²) in [6.07, 6.45) is 1.70. The Labute approximate surface area is 105 Å². The molecule has 7 heteroatoms. The van der Waals surface area contributed by atoms with Crippen molar-refractivity contribution in [1.29, 1.82) is 0 Å². The lowest BCUT2D eigenvalue weighted by atomic mass is 10.1. The molecule has 0 saturated heterocycles. The Kier molecular flexibility index (Phi) is 4.85. The maximum absolute atomic E-state index is 11.9. The number of nitrogens with zero attached hydrogens (tertiary/aromatic N) is 2. The van der Waals surface area contributed by atoms with Crippen molar-refractivity contribution in [3.05, 3.63) is 27.9 Å². The third-order valence-corrected chi connectivity index (χ3v) is 2.77. The summed E-state index contributed by atoms with van der Waals surface area (Å²) >= 11 is 0. The number of rotatable bonds is 6. The highest BCUT2D eigenvalue weighted by Gasteiger charge is 2.21. The van der Waals surface area contributed by atoms with Crippen molar-refractivity contribution in [1.82, 2.24) is 9.88 Å². The third kappa shape index (κ3) is 3.07. The minimum atomic E-state index is -0.525. The van der Waals surface area contributed by atoms with E-state index < -0.39 is 4.92 Å². The molecule has 1 unspecified atom stereocenters. The summed E-state index contributed by atoms with van der Waals surface area (Å²) < 4.78 is 1.26. The smallest absolute Gasteiger partial charge is 0.323 e. The monoisotopic (exact) mass is 254 g/mol. The number of aromatic nitrogens is 1. The van der Waals surface area contributed by atoms with E-state index in [2.05, 4.69) is 5.32 Å². The highest BCUT2D eigenvalue weighted by molar-refractivity contribution is 5.93. The number of carbonyl (C=O) groups is 1. The fourth-order valence-corrected chi connectivity index (χ4v) is 1.77. The van der Waals surface area contributed by atoms with E-state index in [9.17, 15) is 14.9 Å². The molecule has 0 spiro atoms. The van der Waals surface area contributed by atoms with Gasteiger partial charge in [-0.2, -0.15) is 0 Å². The number of nitrogens with one attached hydrogen (secondary N) is 1. The van der Waals surface area contributed by atoms with Crippen LogP contribution < -0.4 is 11.1 Å². The summed E-state index contributed by atoms with van der Waals surface area (Å²) in [7, 11) is 1.49. The van der Waals surface area contributed by atoms with E-state index in [-0.39, 0.29) is 23.5 Å². The van der Waals surface area contributed by atoms with Gasteiger partial charge < -0.3 is 21.2 Å². The van der Waals surface area contributed by atoms with Gasteiger partial charge in [0.05, 0.1) is 7.05 Å². The predicted octanol–water partition coefficient (Wildman–Crippen LogP) is 0.791. The zero-order valence-corrected chi connectivity index (χ0v) is 10.5.